The Hall–Kier alpha value is -2.69. The zero-order chi connectivity index (χ0) is 18.1. The van der Waals surface area contributed by atoms with Crippen molar-refractivity contribution in [1.82, 2.24) is 4.90 Å². The summed E-state index contributed by atoms with van der Waals surface area (Å²) in [6.45, 7) is -0.202. The number of amides is 3. The molecule has 3 amide bonds. The number of anilines is 1. The second-order valence-corrected chi connectivity index (χ2v) is 7.41. The van der Waals surface area contributed by atoms with Crippen molar-refractivity contribution in [3.05, 3.63) is 42.5 Å². The van der Waals surface area contributed by atoms with Crippen molar-refractivity contribution >= 4 is 34.2 Å². The number of hydrogen-bond acceptors (Lipinski definition) is 3. The van der Waals surface area contributed by atoms with Crippen LogP contribution in [0, 0.1) is 5.41 Å². The first kappa shape index (κ1) is 16.8. The summed E-state index contributed by atoms with van der Waals surface area (Å²) in [5, 5.41) is 4.93. The van der Waals surface area contributed by atoms with Gasteiger partial charge < -0.3 is 5.32 Å². The van der Waals surface area contributed by atoms with Gasteiger partial charge in [-0.1, -0.05) is 49.6 Å². The van der Waals surface area contributed by atoms with E-state index < -0.39 is 5.41 Å². The van der Waals surface area contributed by atoms with Crippen molar-refractivity contribution in [3.63, 3.8) is 0 Å². The fourth-order valence-electron chi connectivity index (χ4n) is 4.25. The summed E-state index contributed by atoms with van der Waals surface area (Å²) < 4.78 is 0. The fourth-order valence-corrected chi connectivity index (χ4v) is 4.25. The van der Waals surface area contributed by atoms with Crippen molar-refractivity contribution in [2.75, 3.05) is 11.9 Å². The van der Waals surface area contributed by atoms with E-state index in [9.17, 15) is 14.4 Å². The van der Waals surface area contributed by atoms with E-state index in [2.05, 4.69) is 5.32 Å². The van der Waals surface area contributed by atoms with Crippen LogP contribution in [0.4, 0.5) is 5.69 Å². The molecule has 1 saturated carbocycles. The summed E-state index contributed by atoms with van der Waals surface area (Å²) in [4.78, 5) is 38.7. The first-order chi connectivity index (χ1) is 12.6. The predicted octanol–water partition coefficient (Wildman–Crippen LogP) is 3.49. The number of carbonyl (C=O) groups excluding carboxylic acids is 3. The fraction of sp³-hybridized carbons (Fsp3) is 0.381. The highest BCUT2D eigenvalue weighted by Gasteiger charge is 2.51. The minimum atomic E-state index is -0.543. The molecule has 26 heavy (non-hydrogen) atoms. The highest BCUT2D eigenvalue weighted by molar-refractivity contribution is 6.09. The Morgan fingerprint density at radius 2 is 1.73 bits per heavy atom. The van der Waals surface area contributed by atoms with Crippen molar-refractivity contribution in [3.8, 4) is 0 Å². The molecule has 1 heterocycles. The maximum absolute atomic E-state index is 12.8. The van der Waals surface area contributed by atoms with E-state index in [4.69, 9.17) is 0 Å². The minimum absolute atomic E-state index is 0.157. The number of rotatable bonds is 3. The Labute approximate surface area is 152 Å². The number of carbonyl (C=O) groups is 3. The molecule has 0 radical (unpaired) electrons. The molecule has 1 aliphatic heterocycles. The number of nitrogens with one attached hydrogen (secondary N) is 1. The summed E-state index contributed by atoms with van der Waals surface area (Å²) >= 11 is 0. The molecule has 2 fully saturated rings. The summed E-state index contributed by atoms with van der Waals surface area (Å²) in [5.41, 5.74) is 0.124. The summed E-state index contributed by atoms with van der Waals surface area (Å²) in [6, 6.07) is 13.6. The summed E-state index contributed by atoms with van der Waals surface area (Å²) in [6.07, 6.45) is 4.87. The molecule has 5 nitrogen and oxygen atoms in total. The van der Waals surface area contributed by atoms with Gasteiger partial charge in [-0.25, -0.2) is 0 Å². The molecule has 1 saturated heterocycles. The Balaban J connectivity index is 1.45. The number of benzene rings is 2. The third kappa shape index (κ3) is 2.98. The van der Waals surface area contributed by atoms with E-state index in [-0.39, 0.29) is 30.7 Å². The van der Waals surface area contributed by atoms with E-state index in [1.54, 1.807) is 0 Å². The van der Waals surface area contributed by atoms with Gasteiger partial charge in [-0.2, -0.15) is 0 Å². The standard InChI is InChI=1S/C21H22N2O3/c24-18(22-17-9-8-15-6-2-3-7-16(15)12-17)14-23-19(25)13-21(20(23)26)10-4-1-5-11-21/h2-3,6-9,12H,1,4-5,10-11,13-14H2,(H,22,24). The number of fused-ring (bicyclic) bond motifs is 1. The maximum atomic E-state index is 12.8. The second-order valence-electron chi connectivity index (χ2n) is 7.41. The van der Waals surface area contributed by atoms with Crippen LogP contribution < -0.4 is 5.32 Å². The van der Waals surface area contributed by atoms with Gasteiger partial charge in [0.25, 0.3) is 0 Å². The lowest BCUT2D eigenvalue weighted by molar-refractivity contribution is -0.144. The normalized spacial score (nSPS) is 19.3. The average Bonchev–Trinajstić information content (AvgIpc) is 2.86. The van der Waals surface area contributed by atoms with Gasteiger partial charge in [0.15, 0.2) is 0 Å². The predicted molar refractivity (Wildman–Crippen MR) is 99.4 cm³/mol. The SMILES string of the molecule is O=C(CN1C(=O)CC2(CCCCC2)C1=O)Nc1ccc2ccccc2c1. The van der Waals surface area contributed by atoms with Gasteiger partial charge >= 0.3 is 0 Å². The van der Waals surface area contributed by atoms with E-state index in [0.717, 1.165) is 47.8 Å². The van der Waals surface area contributed by atoms with E-state index >= 15 is 0 Å². The highest BCUT2D eigenvalue weighted by atomic mass is 16.2. The Morgan fingerprint density at radius 3 is 2.50 bits per heavy atom. The first-order valence-electron chi connectivity index (χ1n) is 9.21. The van der Waals surface area contributed by atoms with Crippen LogP contribution in [-0.2, 0) is 14.4 Å². The zero-order valence-electron chi connectivity index (χ0n) is 14.7. The maximum Gasteiger partial charge on any atom is 0.244 e. The molecule has 0 bridgehead atoms. The number of nitrogens with zero attached hydrogens (tertiary/aromatic N) is 1. The number of hydrogen-bond donors (Lipinski definition) is 1. The molecule has 1 N–H and O–H groups in total. The number of imide groups is 1. The largest absolute Gasteiger partial charge is 0.325 e. The molecular formula is C21H22N2O3. The van der Waals surface area contributed by atoms with Crippen molar-refractivity contribution in [1.29, 1.82) is 0 Å². The summed E-state index contributed by atoms with van der Waals surface area (Å²) in [7, 11) is 0. The molecule has 2 aromatic rings. The molecule has 2 aliphatic rings. The van der Waals surface area contributed by atoms with Crippen molar-refractivity contribution in [2.24, 2.45) is 5.41 Å². The topological polar surface area (TPSA) is 66.5 Å². The first-order valence-corrected chi connectivity index (χ1v) is 9.21. The minimum Gasteiger partial charge on any atom is -0.325 e. The van der Waals surface area contributed by atoms with Gasteiger partial charge in [-0.05, 0) is 35.7 Å². The molecule has 1 aliphatic carbocycles. The lowest BCUT2D eigenvalue weighted by Crippen LogP contribution is -2.41. The van der Waals surface area contributed by atoms with Crippen LogP contribution in [0.25, 0.3) is 10.8 Å². The molecule has 0 aromatic heterocycles. The van der Waals surface area contributed by atoms with Gasteiger partial charge in [0, 0.05) is 12.1 Å². The van der Waals surface area contributed by atoms with E-state index in [0.29, 0.717) is 5.69 Å². The number of likely N-dealkylation sites (tertiary alicyclic amines) is 1. The molecule has 134 valence electrons. The van der Waals surface area contributed by atoms with Crippen LogP contribution in [0.15, 0.2) is 42.5 Å². The molecule has 1 spiro atoms. The Bertz CT molecular complexity index is 884. The van der Waals surface area contributed by atoms with Gasteiger partial charge in [0.2, 0.25) is 17.7 Å². The molecular weight excluding hydrogens is 328 g/mol. The summed E-state index contributed by atoms with van der Waals surface area (Å²) in [5.74, 6) is -0.712. The van der Waals surface area contributed by atoms with Crippen LogP contribution in [0.5, 0.6) is 0 Å². The third-order valence-corrected chi connectivity index (χ3v) is 5.64. The second kappa shape index (κ2) is 6.56. The molecule has 4 rings (SSSR count). The van der Waals surface area contributed by atoms with Crippen LogP contribution in [0.3, 0.4) is 0 Å². The van der Waals surface area contributed by atoms with E-state index in [1.165, 1.54) is 0 Å². The molecule has 0 unspecified atom stereocenters. The molecule has 5 heteroatoms. The highest BCUT2D eigenvalue weighted by Crippen LogP contribution is 2.45. The third-order valence-electron chi connectivity index (χ3n) is 5.64. The van der Waals surface area contributed by atoms with Gasteiger partial charge in [-0.3, -0.25) is 19.3 Å². The quantitative estimate of drug-likeness (QED) is 0.862. The van der Waals surface area contributed by atoms with Crippen molar-refractivity contribution < 1.29 is 14.4 Å². The van der Waals surface area contributed by atoms with E-state index in [1.807, 2.05) is 42.5 Å². The smallest absolute Gasteiger partial charge is 0.244 e. The van der Waals surface area contributed by atoms with Gasteiger partial charge in [0.1, 0.15) is 6.54 Å². The van der Waals surface area contributed by atoms with Crippen molar-refractivity contribution in [2.45, 2.75) is 38.5 Å². The lowest BCUT2D eigenvalue weighted by atomic mass is 9.73. The Kier molecular flexibility index (Phi) is 4.23. The van der Waals surface area contributed by atoms with Gasteiger partial charge in [-0.15, -0.1) is 0 Å². The monoisotopic (exact) mass is 350 g/mol. The van der Waals surface area contributed by atoms with Crippen LogP contribution in [0.1, 0.15) is 38.5 Å². The van der Waals surface area contributed by atoms with Crippen LogP contribution >= 0.6 is 0 Å². The Morgan fingerprint density at radius 1 is 1.00 bits per heavy atom. The average molecular weight is 350 g/mol. The van der Waals surface area contributed by atoms with Gasteiger partial charge in [0.05, 0.1) is 5.41 Å². The molecule has 0 atom stereocenters. The zero-order valence-corrected chi connectivity index (χ0v) is 14.7. The van der Waals surface area contributed by atoms with Crippen LogP contribution in [0.2, 0.25) is 0 Å². The molecule has 2 aromatic carbocycles. The lowest BCUT2D eigenvalue weighted by Gasteiger charge is -2.30. The van der Waals surface area contributed by atoms with Crippen LogP contribution in [-0.4, -0.2) is 29.2 Å².